The predicted molar refractivity (Wildman–Crippen MR) is 62.8 cm³/mol. The molecule has 0 saturated carbocycles. The Kier molecular flexibility index (Phi) is 8.71. The largest absolute Gasteiger partial charge is 0.396 e. The van der Waals surface area contributed by atoms with Crippen LogP contribution in [0, 0.1) is 0 Å². The third-order valence-electron chi connectivity index (χ3n) is 2.48. The molecule has 0 aliphatic rings. The maximum absolute atomic E-state index is 11.6. The molecule has 17 heavy (non-hydrogen) atoms. The first-order valence-electron chi connectivity index (χ1n) is 5.77. The lowest BCUT2D eigenvalue weighted by Gasteiger charge is -2.16. The lowest BCUT2D eigenvalue weighted by atomic mass is 10.2. The molecule has 104 valence electrons. The van der Waals surface area contributed by atoms with Crippen LogP contribution in [0.5, 0.6) is 0 Å². The Labute approximate surface area is 102 Å². The van der Waals surface area contributed by atoms with Crippen LogP contribution >= 0.6 is 0 Å². The van der Waals surface area contributed by atoms with Crippen molar-refractivity contribution in [2.45, 2.75) is 49.4 Å². The summed E-state index contributed by atoms with van der Waals surface area (Å²) < 4.78 is 23.2. The van der Waals surface area contributed by atoms with Crippen molar-refractivity contribution in [2.24, 2.45) is 0 Å². The minimum atomic E-state index is -3.95. The van der Waals surface area contributed by atoms with Gasteiger partial charge in [-0.3, -0.25) is 0 Å². The summed E-state index contributed by atoms with van der Waals surface area (Å²) in [7, 11) is -3.95. The zero-order valence-electron chi connectivity index (χ0n) is 9.83. The zero-order valence-corrected chi connectivity index (χ0v) is 10.6. The van der Waals surface area contributed by atoms with E-state index in [2.05, 4.69) is 0 Å². The van der Waals surface area contributed by atoms with Crippen molar-refractivity contribution in [3.8, 4) is 0 Å². The molecule has 0 fully saturated rings. The summed E-state index contributed by atoms with van der Waals surface area (Å²) in [6.45, 7) is -0.0996. The molecule has 0 aliphatic heterocycles. The number of unbranched alkanes of at least 4 members (excludes halogenated alkanes) is 2. The maximum atomic E-state index is 11.6. The molecule has 2 unspecified atom stereocenters. The molecule has 0 aromatic heterocycles. The van der Waals surface area contributed by atoms with Gasteiger partial charge in [-0.15, -0.1) is 0 Å². The van der Waals surface area contributed by atoms with Gasteiger partial charge in [0.25, 0.3) is 0 Å². The smallest absolute Gasteiger partial charge is 0.203 e. The van der Waals surface area contributed by atoms with E-state index in [1.807, 2.05) is 0 Å². The van der Waals surface area contributed by atoms with E-state index in [0.29, 0.717) is 25.7 Å². The monoisotopic (exact) mass is 270 g/mol. The molecule has 0 heterocycles. The van der Waals surface area contributed by atoms with Gasteiger partial charge in [0, 0.05) is 13.2 Å². The van der Waals surface area contributed by atoms with E-state index in [1.165, 1.54) is 0 Å². The van der Waals surface area contributed by atoms with Gasteiger partial charge >= 0.3 is 0 Å². The van der Waals surface area contributed by atoms with Gasteiger partial charge in [0.1, 0.15) is 0 Å². The van der Waals surface area contributed by atoms with E-state index in [0.717, 1.165) is 0 Å². The summed E-state index contributed by atoms with van der Waals surface area (Å²) in [6, 6.07) is 0. The van der Waals surface area contributed by atoms with E-state index in [4.69, 9.17) is 10.2 Å². The van der Waals surface area contributed by atoms with E-state index in [-0.39, 0.29) is 26.1 Å². The SMILES string of the molecule is O=S(=O)(C(O)CCCCO)C(O)CCCCO. The number of aliphatic hydroxyl groups is 4. The third kappa shape index (κ3) is 6.32. The van der Waals surface area contributed by atoms with Gasteiger partial charge in [-0.05, 0) is 38.5 Å². The van der Waals surface area contributed by atoms with Crippen LogP contribution in [-0.4, -0.2) is 52.9 Å². The summed E-state index contributed by atoms with van der Waals surface area (Å²) in [6.07, 6.45) is 1.65. The molecular weight excluding hydrogens is 248 g/mol. The molecule has 0 aromatic carbocycles. The quantitative estimate of drug-likeness (QED) is 0.393. The van der Waals surface area contributed by atoms with Crippen LogP contribution in [0.1, 0.15) is 38.5 Å². The van der Waals surface area contributed by atoms with Crippen LogP contribution in [0.4, 0.5) is 0 Å². The highest BCUT2D eigenvalue weighted by Crippen LogP contribution is 2.16. The van der Waals surface area contributed by atoms with Crippen LogP contribution in [0.15, 0.2) is 0 Å². The van der Waals surface area contributed by atoms with Crippen molar-refractivity contribution in [2.75, 3.05) is 13.2 Å². The molecule has 7 heteroatoms. The minimum absolute atomic E-state index is 0.0138. The van der Waals surface area contributed by atoms with Crippen molar-refractivity contribution in [3.63, 3.8) is 0 Å². The van der Waals surface area contributed by atoms with Crippen LogP contribution in [0.2, 0.25) is 0 Å². The Morgan fingerprint density at radius 2 is 1.12 bits per heavy atom. The van der Waals surface area contributed by atoms with Crippen molar-refractivity contribution < 1.29 is 28.8 Å². The van der Waals surface area contributed by atoms with Gasteiger partial charge in [-0.2, -0.15) is 0 Å². The molecular formula is C10H22O6S. The molecule has 4 N–H and O–H groups in total. The fraction of sp³-hybridized carbons (Fsp3) is 1.00. The van der Waals surface area contributed by atoms with E-state index in [1.54, 1.807) is 0 Å². The number of aliphatic hydroxyl groups excluding tert-OH is 4. The van der Waals surface area contributed by atoms with Crippen molar-refractivity contribution >= 4 is 9.84 Å². The summed E-state index contributed by atoms with van der Waals surface area (Å²) in [5.74, 6) is 0. The topological polar surface area (TPSA) is 115 Å². The molecule has 6 nitrogen and oxygen atoms in total. The van der Waals surface area contributed by atoms with Gasteiger partial charge in [0.2, 0.25) is 9.84 Å². The van der Waals surface area contributed by atoms with Crippen molar-refractivity contribution in [1.29, 1.82) is 0 Å². The van der Waals surface area contributed by atoms with Gasteiger partial charge < -0.3 is 20.4 Å². The van der Waals surface area contributed by atoms with Crippen molar-refractivity contribution in [1.82, 2.24) is 0 Å². The fourth-order valence-electron chi connectivity index (χ4n) is 1.37. The molecule has 0 radical (unpaired) electrons. The fourth-order valence-corrected chi connectivity index (χ4v) is 2.72. The highest BCUT2D eigenvalue weighted by atomic mass is 32.2. The molecule has 0 aliphatic carbocycles. The number of rotatable bonds is 10. The lowest BCUT2D eigenvalue weighted by Crippen LogP contribution is -2.32. The Bertz CT molecular complexity index is 255. The highest BCUT2D eigenvalue weighted by Gasteiger charge is 2.30. The van der Waals surface area contributed by atoms with Gasteiger partial charge in [-0.1, -0.05) is 0 Å². The zero-order chi connectivity index (χ0) is 13.3. The average Bonchev–Trinajstić information content (AvgIpc) is 2.29. The lowest BCUT2D eigenvalue weighted by molar-refractivity contribution is 0.190. The molecule has 0 aromatic rings. The summed E-state index contributed by atoms with van der Waals surface area (Å²) >= 11 is 0. The second-order valence-corrected chi connectivity index (χ2v) is 6.20. The van der Waals surface area contributed by atoms with Crippen molar-refractivity contribution in [3.05, 3.63) is 0 Å². The normalized spacial score (nSPS) is 15.8. The maximum Gasteiger partial charge on any atom is 0.203 e. The Hall–Kier alpha value is -0.210. The molecule has 0 spiro atoms. The Morgan fingerprint density at radius 3 is 1.41 bits per heavy atom. The molecule has 0 rings (SSSR count). The Morgan fingerprint density at radius 1 is 0.765 bits per heavy atom. The molecule has 2 atom stereocenters. The first-order valence-corrected chi connectivity index (χ1v) is 7.38. The molecule has 0 bridgehead atoms. The van der Waals surface area contributed by atoms with E-state index < -0.39 is 20.7 Å². The van der Waals surface area contributed by atoms with Crippen LogP contribution in [-0.2, 0) is 9.84 Å². The predicted octanol–water partition coefficient (Wildman–Crippen LogP) is -0.637. The average molecular weight is 270 g/mol. The number of hydrogen-bond donors (Lipinski definition) is 4. The van der Waals surface area contributed by atoms with Gasteiger partial charge in [-0.25, -0.2) is 8.42 Å². The first kappa shape index (κ1) is 16.8. The standard InChI is InChI=1S/C10H22O6S/c11-7-3-1-5-9(13)17(15,16)10(14)6-2-4-8-12/h9-14H,1-8H2. The Balaban J connectivity index is 4.14. The first-order chi connectivity index (χ1) is 7.96. The summed E-state index contributed by atoms with van der Waals surface area (Å²) in [4.78, 5) is 0. The number of hydrogen-bond acceptors (Lipinski definition) is 6. The van der Waals surface area contributed by atoms with Crippen LogP contribution < -0.4 is 0 Å². The van der Waals surface area contributed by atoms with Crippen LogP contribution in [0.25, 0.3) is 0 Å². The summed E-state index contributed by atoms with van der Waals surface area (Å²) in [5.41, 5.74) is -3.17. The van der Waals surface area contributed by atoms with Crippen LogP contribution in [0.3, 0.4) is 0 Å². The third-order valence-corrected chi connectivity index (χ3v) is 4.47. The highest BCUT2D eigenvalue weighted by molar-refractivity contribution is 7.92. The molecule has 0 saturated heterocycles. The molecule has 0 amide bonds. The minimum Gasteiger partial charge on any atom is -0.396 e. The van der Waals surface area contributed by atoms with E-state index in [9.17, 15) is 18.6 Å². The second-order valence-electron chi connectivity index (χ2n) is 3.94. The van der Waals surface area contributed by atoms with Gasteiger partial charge in [0.15, 0.2) is 10.9 Å². The van der Waals surface area contributed by atoms with E-state index >= 15 is 0 Å². The second kappa shape index (κ2) is 8.82. The van der Waals surface area contributed by atoms with Gasteiger partial charge in [0.05, 0.1) is 0 Å². The number of sulfone groups is 1. The summed E-state index contributed by atoms with van der Waals surface area (Å²) in [5, 5.41) is 36.0.